The zero-order chi connectivity index (χ0) is 12.4. The molecule has 92 valence electrons. The van der Waals surface area contributed by atoms with Crippen LogP contribution in [0.2, 0.25) is 0 Å². The second-order valence-electron chi connectivity index (χ2n) is 4.68. The fourth-order valence-corrected chi connectivity index (χ4v) is 2.41. The molecule has 1 unspecified atom stereocenters. The maximum absolute atomic E-state index is 7.41. The summed E-state index contributed by atoms with van der Waals surface area (Å²) < 4.78 is 0. The summed E-state index contributed by atoms with van der Waals surface area (Å²) in [5.41, 5.74) is 8.00. The van der Waals surface area contributed by atoms with Gasteiger partial charge in [-0.1, -0.05) is 12.1 Å². The summed E-state index contributed by atoms with van der Waals surface area (Å²) in [6.07, 6.45) is 0.623. The fourth-order valence-electron chi connectivity index (χ4n) is 2.41. The minimum Gasteiger partial charge on any atom is -0.388 e. The average Bonchev–Trinajstić information content (AvgIpc) is 2.29. The first-order valence-corrected chi connectivity index (χ1v) is 5.99. The third kappa shape index (κ3) is 2.35. The molecular formula is C13H20N4. The fraction of sp³-hybridized carbons (Fsp3) is 0.462. The van der Waals surface area contributed by atoms with Gasteiger partial charge in [-0.15, -0.1) is 0 Å². The van der Waals surface area contributed by atoms with Crippen LogP contribution in [0.4, 0.5) is 11.4 Å². The van der Waals surface area contributed by atoms with Crippen LogP contribution in [0.3, 0.4) is 0 Å². The van der Waals surface area contributed by atoms with E-state index in [1.807, 2.05) is 0 Å². The van der Waals surface area contributed by atoms with Crippen LogP contribution in [-0.4, -0.2) is 32.0 Å². The number of fused-ring (bicyclic) bond motifs is 1. The summed E-state index contributed by atoms with van der Waals surface area (Å²) >= 11 is 0. The molecule has 17 heavy (non-hydrogen) atoms. The molecular weight excluding hydrogens is 212 g/mol. The number of hydrogen-bond acceptors (Lipinski definition) is 3. The summed E-state index contributed by atoms with van der Waals surface area (Å²) in [6.45, 7) is 4.13. The van der Waals surface area contributed by atoms with E-state index in [1.54, 1.807) is 0 Å². The molecule has 1 aromatic carbocycles. The summed E-state index contributed by atoms with van der Waals surface area (Å²) in [4.78, 5) is 4.61. The Balaban J connectivity index is 2.26. The molecule has 1 heterocycles. The molecule has 0 spiro atoms. The number of nitrogens with zero attached hydrogens (tertiary/aromatic N) is 2. The Morgan fingerprint density at radius 2 is 2.00 bits per heavy atom. The predicted octanol–water partition coefficient (Wildman–Crippen LogP) is 1.66. The second-order valence-corrected chi connectivity index (χ2v) is 4.68. The highest BCUT2D eigenvalue weighted by atomic mass is 15.3. The van der Waals surface area contributed by atoms with Crippen molar-refractivity contribution in [1.29, 1.82) is 5.41 Å². The van der Waals surface area contributed by atoms with Gasteiger partial charge in [-0.05, 0) is 19.1 Å². The van der Waals surface area contributed by atoms with E-state index >= 15 is 0 Å². The Labute approximate surface area is 103 Å². The molecule has 1 atom stereocenters. The van der Waals surface area contributed by atoms with E-state index in [2.05, 4.69) is 48.0 Å². The Morgan fingerprint density at radius 1 is 1.35 bits per heavy atom. The smallest absolute Gasteiger partial charge is 0.0925 e. The molecule has 0 aromatic heterocycles. The topological polar surface area (TPSA) is 56.4 Å². The molecule has 1 aliphatic heterocycles. The molecule has 0 aliphatic carbocycles. The second kappa shape index (κ2) is 4.65. The monoisotopic (exact) mass is 232 g/mol. The lowest BCUT2D eigenvalue weighted by molar-refractivity contribution is 0.629. The first-order valence-electron chi connectivity index (χ1n) is 5.99. The van der Waals surface area contributed by atoms with Crippen LogP contribution >= 0.6 is 0 Å². The van der Waals surface area contributed by atoms with Crippen LogP contribution in [-0.2, 0) is 0 Å². The lowest BCUT2D eigenvalue weighted by Gasteiger charge is -2.40. The van der Waals surface area contributed by atoms with Crippen molar-refractivity contribution in [2.75, 3.05) is 29.9 Å². The van der Waals surface area contributed by atoms with Gasteiger partial charge in [0.25, 0.3) is 0 Å². The number of hydrogen-bond donors (Lipinski definition) is 2. The van der Waals surface area contributed by atoms with Gasteiger partial charge in [-0.25, -0.2) is 0 Å². The van der Waals surface area contributed by atoms with Gasteiger partial charge in [0.1, 0.15) is 0 Å². The van der Waals surface area contributed by atoms with Gasteiger partial charge in [0, 0.05) is 32.6 Å². The van der Waals surface area contributed by atoms with Crippen molar-refractivity contribution in [1.82, 2.24) is 0 Å². The van der Waals surface area contributed by atoms with Gasteiger partial charge in [-0.2, -0.15) is 0 Å². The zero-order valence-electron chi connectivity index (χ0n) is 10.5. The van der Waals surface area contributed by atoms with E-state index in [4.69, 9.17) is 11.1 Å². The van der Waals surface area contributed by atoms with E-state index in [-0.39, 0.29) is 11.9 Å². The lowest BCUT2D eigenvalue weighted by atomic mass is 10.1. The van der Waals surface area contributed by atoms with Gasteiger partial charge in [0.05, 0.1) is 17.2 Å². The Hall–Kier alpha value is -1.71. The van der Waals surface area contributed by atoms with Crippen molar-refractivity contribution >= 4 is 17.2 Å². The third-order valence-electron chi connectivity index (χ3n) is 3.33. The molecule has 3 N–H and O–H groups in total. The van der Waals surface area contributed by atoms with Crippen molar-refractivity contribution in [2.45, 2.75) is 19.4 Å². The van der Waals surface area contributed by atoms with E-state index in [1.165, 1.54) is 11.4 Å². The van der Waals surface area contributed by atoms with Crippen LogP contribution in [0.15, 0.2) is 24.3 Å². The normalized spacial score (nSPS) is 16.6. The number of nitrogens with two attached hydrogens (primary N) is 1. The minimum atomic E-state index is 0.258. The number of nitrogens with one attached hydrogen (secondary N) is 1. The molecule has 0 bridgehead atoms. The first-order chi connectivity index (χ1) is 8.09. The molecule has 0 saturated carbocycles. The SMILES string of the molecule is CC(CC(=N)N)N1CCN(C)c2ccccc21. The third-order valence-corrected chi connectivity index (χ3v) is 3.33. The number of para-hydroxylation sites is 2. The largest absolute Gasteiger partial charge is 0.388 e. The molecule has 4 heteroatoms. The average molecular weight is 232 g/mol. The van der Waals surface area contributed by atoms with Crippen LogP contribution in [0.1, 0.15) is 13.3 Å². The van der Waals surface area contributed by atoms with E-state index in [9.17, 15) is 0 Å². The molecule has 2 rings (SSSR count). The van der Waals surface area contributed by atoms with Crippen LogP contribution in [0, 0.1) is 5.41 Å². The highest BCUT2D eigenvalue weighted by molar-refractivity contribution is 5.79. The van der Waals surface area contributed by atoms with Gasteiger partial charge in [-0.3, -0.25) is 5.41 Å². The molecule has 1 aromatic rings. The number of benzene rings is 1. The molecule has 0 fully saturated rings. The molecule has 0 radical (unpaired) electrons. The van der Waals surface area contributed by atoms with E-state index in [0.717, 1.165) is 13.1 Å². The van der Waals surface area contributed by atoms with Crippen molar-refractivity contribution < 1.29 is 0 Å². The predicted molar refractivity (Wildman–Crippen MR) is 73.1 cm³/mol. The molecule has 4 nitrogen and oxygen atoms in total. The Kier molecular flexibility index (Phi) is 3.22. The molecule has 0 saturated heterocycles. The first kappa shape index (κ1) is 11.8. The summed E-state index contributed by atoms with van der Waals surface area (Å²) in [5, 5.41) is 7.41. The summed E-state index contributed by atoms with van der Waals surface area (Å²) in [7, 11) is 2.12. The summed E-state index contributed by atoms with van der Waals surface area (Å²) in [6, 6.07) is 8.69. The number of likely N-dealkylation sites (N-methyl/N-ethyl adjacent to an activating group) is 1. The van der Waals surface area contributed by atoms with Crippen molar-refractivity contribution in [3.05, 3.63) is 24.3 Å². The van der Waals surface area contributed by atoms with Crippen molar-refractivity contribution in [2.24, 2.45) is 5.73 Å². The zero-order valence-corrected chi connectivity index (χ0v) is 10.5. The highest BCUT2D eigenvalue weighted by Gasteiger charge is 2.23. The van der Waals surface area contributed by atoms with Crippen LogP contribution < -0.4 is 15.5 Å². The van der Waals surface area contributed by atoms with E-state index < -0.39 is 0 Å². The van der Waals surface area contributed by atoms with Gasteiger partial charge in [0.15, 0.2) is 0 Å². The number of rotatable bonds is 3. The molecule has 1 aliphatic rings. The van der Waals surface area contributed by atoms with Crippen LogP contribution in [0.5, 0.6) is 0 Å². The lowest BCUT2D eigenvalue weighted by Crippen LogP contribution is -2.45. The maximum atomic E-state index is 7.41. The Bertz CT molecular complexity index is 416. The Morgan fingerprint density at radius 3 is 2.65 bits per heavy atom. The highest BCUT2D eigenvalue weighted by Crippen LogP contribution is 2.33. The van der Waals surface area contributed by atoms with Crippen molar-refractivity contribution in [3.63, 3.8) is 0 Å². The van der Waals surface area contributed by atoms with E-state index in [0.29, 0.717) is 6.42 Å². The number of anilines is 2. The van der Waals surface area contributed by atoms with Gasteiger partial charge >= 0.3 is 0 Å². The standard InChI is InChI=1S/C13H20N4/c1-10(9-13(14)15)17-8-7-16(2)11-5-3-4-6-12(11)17/h3-6,10H,7-9H2,1-2H3,(H3,14,15). The minimum absolute atomic E-state index is 0.258. The van der Waals surface area contributed by atoms with Crippen molar-refractivity contribution in [3.8, 4) is 0 Å². The number of amidine groups is 1. The molecule has 0 amide bonds. The summed E-state index contributed by atoms with van der Waals surface area (Å²) in [5.74, 6) is 0.258. The van der Waals surface area contributed by atoms with Gasteiger partial charge in [0.2, 0.25) is 0 Å². The van der Waals surface area contributed by atoms with Crippen LogP contribution in [0.25, 0.3) is 0 Å². The quantitative estimate of drug-likeness (QED) is 0.615. The van der Waals surface area contributed by atoms with Gasteiger partial charge < -0.3 is 15.5 Å². The maximum Gasteiger partial charge on any atom is 0.0925 e.